The van der Waals surface area contributed by atoms with E-state index in [2.05, 4.69) is 43.1 Å². The number of ether oxygens (including phenoxy) is 1. The summed E-state index contributed by atoms with van der Waals surface area (Å²) in [5.74, 6) is 0. The third kappa shape index (κ3) is 4.30. The molecule has 0 unspecified atom stereocenters. The van der Waals surface area contributed by atoms with Gasteiger partial charge in [0.05, 0.1) is 13.2 Å². The lowest BCUT2D eigenvalue weighted by atomic mass is 10.0. The van der Waals surface area contributed by atoms with Crippen LogP contribution < -0.4 is 5.32 Å². The van der Waals surface area contributed by atoms with E-state index in [-0.39, 0.29) is 0 Å². The van der Waals surface area contributed by atoms with Crippen molar-refractivity contribution in [2.45, 2.75) is 27.4 Å². The van der Waals surface area contributed by atoms with Gasteiger partial charge < -0.3 is 10.1 Å². The molecule has 106 valence electrons. The molecule has 1 saturated heterocycles. The van der Waals surface area contributed by atoms with Crippen LogP contribution in [0.3, 0.4) is 0 Å². The van der Waals surface area contributed by atoms with Gasteiger partial charge in [0.1, 0.15) is 0 Å². The number of hydrogen-bond acceptors (Lipinski definition) is 3. The lowest BCUT2D eigenvalue weighted by Gasteiger charge is -2.27. The van der Waals surface area contributed by atoms with Crippen LogP contribution in [0.4, 0.5) is 0 Å². The Kier molecular flexibility index (Phi) is 5.37. The van der Waals surface area contributed by atoms with Crippen LogP contribution in [0.25, 0.3) is 0 Å². The minimum Gasteiger partial charge on any atom is -0.375 e. The van der Waals surface area contributed by atoms with E-state index in [0.29, 0.717) is 0 Å². The molecule has 0 saturated carbocycles. The summed E-state index contributed by atoms with van der Waals surface area (Å²) in [5.41, 5.74) is 5.38. The summed E-state index contributed by atoms with van der Waals surface area (Å²) in [4.78, 5) is 2.46. The van der Waals surface area contributed by atoms with E-state index in [1.165, 1.54) is 22.3 Å². The van der Waals surface area contributed by atoms with Gasteiger partial charge in [-0.05, 0) is 37.5 Å². The Morgan fingerprint density at radius 3 is 2.37 bits per heavy atom. The predicted molar refractivity (Wildman–Crippen MR) is 79.6 cm³/mol. The van der Waals surface area contributed by atoms with Crippen LogP contribution >= 0.6 is 0 Å². The van der Waals surface area contributed by atoms with Crippen molar-refractivity contribution in [1.29, 1.82) is 0 Å². The van der Waals surface area contributed by atoms with Crippen molar-refractivity contribution in [3.63, 3.8) is 0 Å². The summed E-state index contributed by atoms with van der Waals surface area (Å²) in [6, 6.07) is 4.48. The fourth-order valence-corrected chi connectivity index (χ4v) is 2.74. The average molecular weight is 262 g/mol. The molecule has 0 aromatic heterocycles. The minimum absolute atomic E-state index is 0.740. The number of hydrogen-bond donors (Lipinski definition) is 1. The Morgan fingerprint density at radius 1 is 1.11 bits per heavy atom. The van der Waals surface area contributed by atoms with Crippen LogP contribution in [0.5, 0.6) is 0 Å². The van der Waals surface area contributed by atoms with Gasteiger partial charge in [0.2, 0.25) is 0 Å². The first-order valence-electron chi connectivity index (χ1n) is 7.24. The summed E-state index contributed by atoms with van der Waals surface area (Å²) in [5, 5.41) is 3.37. The summed E-state index contributed by atoms with van der Waals surface area (Å²) in [7, 11) is 0. The molecular formula is C16H26N2O. The van der Waals surface area contributed by atoms with E-state index in [0.717, 1.165) is 45.9 Å². The van der Waals surface area contributed by atoms with E-state index < -0.39 is 0 Å². The number of rotatable bonds is 5. The number of benzene rings is 1. The van der Waals surface area contributed by atoms with Gasteiger partial charge in [-0.1, -0.05) is 17.7 Å². The fraction of sp³-hybridized carbons (Fsp3) is 0.625. The van der Waals surface area contributed by atoms with Gasteiger partial charge in [-0.3, -0.25) is 4.90 Å². The Morgan fingerprint density at radius 2 is 1.74 bits per heavy atom. The molecule has 1 aromatic rings. The summed E-state index contributed by atoms with van der Waals surface area (Å²) < 4.78 is 5.86. The lowest BCUT2D eigenvalue weighted by molar-refractivity contribution is 0.0881. The molecule has 19 heavy (non-hydrogen) atoms. The number of piperazine rings is 1. The molecule has 0 amide bonds. The van der Waals surface area contributed by atoms with Crippen molar-refractivity contribution in [2.24, 2.45) is 0 Å². The van der Waals surface area contributed by atoms with Crippen LogP contribution in [0.1, 0.15) is 22.3 Å². The van der Waals surface area contributed by atoms with Crippen molar-refractivity contribution in [2.75, 3.05) is 39.3 Å². The molecule has 1 fully saturated rings. The standard InChI is InChI=1S/C16H26N2O/c1-13-10-14(2)16(15(3)11-13)12-19-9-8-18-6-4-17-5-7-18/h10-11,17H,4-9,12H2,1-3H3. The number of nitrogens with zero attached hydrogens (tertiary/aromatic N) is 1. The second-order valence-electron chi connectivity index (χ2n) is 5.52. The number of aryl methyl sites for hydroxylation is 3. The summed E-state index contributed by atoms with van der Waals surface area (Å²) in [6.07, 6.45) is 0. The highest BCUT2D eigenvalue weighted by Crippen LogP contribution is 2.17. The third-order valence-electron chi connectivity index (χ3n) is 3.85. The molecular weight excluding hydrogens is 236 g/mol. The van der Waals surface area contributed by atoms with Gasteiger partial charge in [0, 0.05) is 32.7 Å². The third-order valence-corrected chi connectivity index (χ3v) is 3.85. The van der Waals surface area contributed by atoms with Crippen LogP contribution in [-0.2, 0) is 11.3 Å². The van der Waals surface area contributed by atoms with E-state index in [1.807, 2.05) is 0 Å². The molecule has 1 aliphatic heterocycles. The van der Waals surface area contributed by atoms with E-state index >= 15 is 0 Å². The zero-order valence-electron chi connectivity index (χ0n) is 12.5. The minimum atomic E-state index is 0.740. The lowest BCUT2D eigenvalue weighted by Crippen LogP contribution is -2.44. The molecule has 2 rings (SSSR count). The second kappa shape index (κ2) is 7.04. The largest absolute Gasteiger partial charge is 0.375 e. The highest BCUT2D eigenvalue weighted by atomic mass is 16.5. The van der Waals surface area contributed by atoms with Gasteiger partial charge in [0.25, 0.3) is 0 Å². The highest BCUT2D eigenvalue weighted by Gasteiger charge is 2.09. The van der Waals surface area contributed by atoms with Crippen LogP contribution in [0.15, 0.2) is 12.1 Å². The van der Waals surface area contributed by atoms with Crippen LogP contribution in [-0.4, -0.2) is 44.2 Å². The van der Waals surface area contributed by atoms with Crippen molar-refractivity contribution in [1.82, 2.24) is 10.2 Å². The molecule has 0 bridgehead atoms. The highest BCUT2D eigenvalue weighted by molar-refractivity contribution is 5.36. The maximum atomic E-state index is 5.86. The molecule has 3 nitrogen and oxygen atoms in total. The molecule has 0 aliphatic carbocycles. The first-order chi connectivity index (χ1) is 9.16. The van der Waals surface area contributed by atoms with Gasteiger partial charge in [-0.2, -0.15) is 0 Å². The van der Waals surface area contributed by atoms with Gasteiger partial charge in [0.15, 0.2) is 0 Å². The van der Waals surface area contributed by atoms with Gasteiger partial charge in [-0.15, -0.1) is 0 Å². The van der Waals surface area contributed by atoms with Crippen molar-refractivity contribution in [3.05, 3.63) is 34.4 Å². The molecule has 0 atom stereocenters. The molecule has 0 radical (unpaired) electrons. The maximum absolute atomic E-state index is 5.86. The van der Waals surface area contributed by atoms with Crippen molar-refractivity contribution >= 4 is 0 Å². The second-order valence-corrected chi connectivity index (χ2v) is 5.52. The Bertz CT molecular complexity index is 388. The molecule has 1 aromatic carbocycles. The van der Waals surface area contributed by atoms with Gasteiger partial charge in [-0.25, -0.2) is 0 Å². The summed E-state index contributed by atoms with van der Waals surface area (Å²) >= 11 is 0. The SMILES string of the molecule is Cc1cc(C)c(COCCN2CCNCC2)c(C)c1. The van der Waals surface area contributed by atoms with Crippen LogP contribution in [0.2, 0.25) is 0 Å². The fourth-order valence-electron chi connectivity index (χ4n) is 2.74. The Balaban J connectivity index is 1.76. The zero-order valence-corrected chi connectivity index (χ0v) is 12.5. The first kappa shape index (κ1) is 14.5. The molecule has 3 heteroatoms. The van der Waals surface area contributed by atoms with E-state index in [9.17, 15) is 0 Å². The van der Waals surface area contributed by atoms with E-state index in [1.54, 1.807) is 0 Å². The maximum Gasteiger partial charge on any atom is 0.0722 e. The van der Waals surface area contributed by atoms with Gasteiger partial charge >= 0.3 is 0 Å². The monoisotopic (exact) mass is 262 g/mol. The first-order valence-corrected chi connectivity index (χ1v) is 7.24. The predicted octanol–water partition coefficient (Wildman–Crippen LogP) is 2.03. The normalized spacial score (nSPS) is 16.8. The Labute approximate surface area is 116 Å². The summed E-state index contributed by atoms with van der Waals surface area (Å²) in [6.45, 7) is 13.6. The van der Waals surface area contributed by atoms with Crippen LogP contribution in [0, 0.1) is 20.8 Å². The quantitative estimate of drug-likeness (QED) is 0.822. The molecule has 1 N–H and O–H groups in total. The Hall–Kier alpha value is -0.900. The molecule has 1 aliphatic rings. The topological polar surface area (TPSA) is 24.5 Å². The smallest absolute Gasteiger partial charge is 0.0722 e. The van der Waals surface area contributed by atoms with Crippen molar-refractivity contribution < 1.29 is 4.74 Å². The molecule has 0 spiro atoms. The van der Waals surface area contributed by atoms with Crippen molar-refractivity contribution in [3.8, 4) is 0 Å². The zero-order chi connectivity index (χ0) is 13.7. The molecule has 1 heterocycles. The average Bonchev–Trinajstić information content (AvgIpc) is 2.38. The number of nitrogens with one attached hydrogen (secondary N) is 1. The van der Waals surface area contributed by atoms with E-state index in [4.69, 9.17) is 4.74 Å².